The highest BCUT2D eigenvalue weighted by atomic mass is 35.5. The Kier molecular flexibility index (Phi) is 2.77. The molecule has 0 spiro atoms. The van der Waals surface area contributed by atoms with Crippen molar-refractivity contribution in [1.82, 2.24) is 0 Å². The molecule has 1 aliphatic carbocycles. The summed E-state index contributed by atoms with van der Waals surface area (Å²) in [6.45, 7) is 1.70. The number of hydrogen-bond acceptors (Lipinski definition) is 2. The lowest BCUT2D eigenvalue weighted by Crippen LogP contribution is -2.10. The van der Waals surface area contributed by atoms with E-state index in [0.29, 0.717) is 5.02 Å². The van der Waals surface area contributed by atoms with E-state index < -0.39 is 9.84 Å². The summed E-state index contributed by atoms with van der Waals surface area (Å²) in [4.78, 5) is 0. The fourth-order valence-corrected chi connectivity index (χ4v) is 3.56. The molecule has 1 saturated carbocycles. The quantitative estimate of drug-likeness (QED) is 0.819. The standard InChI is InChI=1S/C11H13ClO2S/c1-2-15(13,14)11-7-10(11)8-3-5-9(12)6-4-8/h3-6,10-11H,2,7H2,1H3/t10-,11-/m0/s1. The zero-order valence-electron chi connectivity index (χ0n) is 8.48. The minimum Gasteiger partial charge on any atom is -0.229 e. The van der Waals surface area contributed by atoms with Crippen LogP contribution in [0.5, 0.6) is 0 Å². The number of sulfone groups is 1. The first-order chi connectivity index (χ1) is 7.04. The molecule has 0 radical (unpaired) electrons. The van der Waals surface area contributed by atoms with Gasteiger partial charge in [0.2, 0.25) is 0 Å². The predicted octanol–water partition coefficient (Wildman–Crippen LogP) is 2.63. The summed E-state index contributed by atoms with van der Waals surface area (Å²) in [7, 11) is -2.87. The van der Waals surface area contributed by atoms with E-state index >= 15 is 0 Å². The molecular weight excluding hydrogens is 232 g/mol. The van der Waals surface area contributed by atoms with E-state index in [1.165, 1.54) is 0 Å². The predicted molar refractivity (Wildman–Crippen MR) is 62.1 cm³/mol. The van der Waals surface area contributed by atoms with Crippen LogP contribution in [0.3, 0.4) is 0 Å². The van der Waals surface area contributed by atoms with Crippen LogP contribution >= 0.6 is 11.6 Å². The fraction of sp³-hybridized carbons (Fsp3) is 0.455. The molecule has 0 saturated heterocycles. The van der Waals surface area contributed by atoms with E-state index in [4.69, 9.17) is 11.6 Å². The Hall–Kier alpha value is -0.540. The van der Waals surface area contributed by atoms with Gasteiger partial charge < -0.3 is 0 Å². The van der Waals surface area contributed by atoms with Crippen molar-refractivity contribution < 1.29 is 8.42 Å². The summed E-state index contributed by atoms with van der Waals surface area (Å²) in [5.41, 5.74) is 1.08. The Balaban J connectivity index is 2.15. The van der Waals surface area contributed by atoms with Gasteiger partial charge >= 0.3 is 0 Å². The molecule has 82 valence electrons. The first-order valence-corrected chi connectivity index (χ1v) is 7.11. The summed E-state index contributed by atoms with van der Waals surface area (Å²) >= 11 is 5.77. The molecule has 0 bridgehead atoms. The Bertz CT molecular complexity index is 450. The summed E-state index contributed by atoms with van der Waals surface area (Å²) < 4.78 is 23.2. The van der Waals surface area contributed by atoms with Gasteiger partial charge in [-0.3, -0.25) is 0 Å². The van der Waals surface area contributed by atoms with Crippen LogP contribution in [0, 0.1) is 0 Å². The SMILES string of the molecule is CCS(=O)(=O)[C@H]1C[C@H]1c1ccc(Cl)cc1. The number of rotatable bonds is 3. The zero-order chi connectivity index (χ0) is 11.1. The number of halogens is 1. The van der Waals surface area contributed by atoms with Crippen molar-refractivity contribution >= 4 is 21.4 Å². The Morgan fingerprint density at radius 3 is 2.47 bits per heavy atom. The minimum atomic E-state index is -2.87. The molecular formula is C11H13ClO2S. The number of benzene rings is 1. The third-order valence-corrected chi connectivity index (χ3v) is 5.39. The molecule has 0 unspecified atom stereocenters. The van der Waals surface area contributed by atoms with Crippen LogP contribution in [-0.2, 0) is 9.84 Å². The zero-order valence-corrected chi connectivity index (χ0v) is 10.1. The van der Waals surface area contributed by atoms with E-state index in [-0.39, 0.29) is 16.9 Å². The van der Waals surface area contributed by atoms with E-state index in [1.807, 2.05) is 24.3 Å². The van der Waals surface area contributed by atoms with Gasteiger partial charge in [0, 0.05) is 16.7 Å². The molecule has 1 fully saturated rings. The van der Waals surface area contributed by atoms with Gasteiger partial charge in [0.1, 0.15) is 0 Å². The third-order valence-electron chi connectivity index (χ3n) is 2.89. The van der Waals surface area contributed by atoms with Gasteiger partial charge in [-0.2, -0.15) is 0 Å². The van der Waals surface area contributed by atoms with Crippen LogP contribution in [0.4, 0.5) is 0 Å². The summed E-state index contributed by atoms with van der Waals surface area (Å²) in [6, 6.07) is 7.45. The molecule has 2 rings (SSSR count). The monoisotopic (exact) mass is 244 g/mol. The van der Waals surface area contributed by atoms with Crippen molar-refractivity contribution in [3.8, 4) is 0 Å². The average molecular weight is 245 g/mol. The second kappa shape index (κ2) is 3.80. The molecule has 2 nitrogen and oxygen atoms in total. The van der Waals surface area contributed by atoms with Crippen LogP contribution in [0.25, 0.3) is 0 Å². The first-order valence-electron chi connectivity index (χ1n) is 5.01. The van der Waals surface area contributed by atoms with Gasteiger partial charge in [-0.05, 0) is 24.1 Å². The molecule has 1 aromatic carbocycles. The molecule has 4 heteroatoms. The van der Waals surface area contributed by atoms with E-state index in [1.54, 1.807) is 6.92 Å². The molecule has 1 aliphatic rings. The van der Waals surface area contributed by atoms with Crippen molar-refractivity contribution in [3.05, 3.63) is 34.9 Å². The fourth-order valence-electron chi connectivity index (χ4n) is 1.84. The van der Waals surface area contributed by atoms with Crippen LogP contribution in [0.2, 0.25) is 5.02 Å². The smallest absolute Gasteiger partial charge is 0.153 e. The lowest BCUT2D eigenvalue weighted by molar-refractivity contribution is 0.595. The van der Waals surface area contributed by atoms with Gasteiger partial charge in [0.05, 0.1) is 5.25 Å². The number of hydrogen-bond donors (Lipinski definition) is 0. The summed E-state index contributed by atoms with van der Waals surface area (Å²) in [5, 5.41) is 0.526. The molecule has 1 aromatic rings. The van der Waals surface area contributed by atoms with E-state index in [9.17, 15) is 8.42 Å². The maximum atomic E-state index is 11.6. The maximum Gasteiger partial charge on any atom is 0.153 e. The van der Waals surface area contributed by atoms with Crippen molar-refractivity contribution in [2.45, 2.75) is 24.5 Å². The third kappa shape index (κ3) is 2.18. The Labute approximate surface area is 95.2 Å². The average Bonchev–Trinajstić information content (AvgIpc) is 2.99. The Morgan fingerprint density at radius 1 is 1.33 bits per heavy atom. The van der Waals surface area contributed by atoms with Gasteiger partial charge in [-0.1, -0.05) is 30.7 Å². The van der Waals surface area contributed by atoms with Crippen LogP contribution in [0.1, 0.15) is 24.8 Å². The lowest BCUT2D eigenvalue weighted by atomic mass is 10.1. The van der Waals surface area contributed by atoms with Crippen molar-refractivity contribution in [1.29, 1.82) is 0 Å². The normalized spacial score (nSPS) is 25.2. The van der Waals surface area contributed by atoms with Crippen molar-refractivity contribution in [2.75, 3.05) is 5.75 Å². The minimum absolute atomic E-state index is 0.163. The molecule has 0 N–H and O–H groups in total. The van der Waals surface area contributed by atoms with Gasteiger partial charge in [-0.15, -0.1) is 0 Å². The summed E-state index contributed by atoms with van der Waals surface area (Å²) in [6.07, 6.45) is 0.762. The highest BCUT2D eigenvalue weighted by molar-refractivity contribution is 7.92. The van der Waals surface area contributed by atoms with Crippen molar-refractivity contribution in [2.24, 2.45) is 0 Å². The van der Waals surface area contributed by atoms with Crippen LogP contribution < -0.4 is 0 Å². The molecule has 0 aromatic heterocycles. The van der Waals surface area contributed by atoms with Gasteiger partial charge in [0.15, 0.2) is 9.84 Å². The van der Waals surface area contributed by atoms with E-state index in [2.05, 4.69) is 0 Å². The van der Waals surface area contributed by atoms with E-state index in [0.717, 1.165) is 12.0 Å². The topological polar surface area (TPSA) is 34.1 Å². The second-order valence-electron chi connectivity index (χ2n) is 3.88. The molecule has 0 amide bonds. The summed E-state index contributed by atoms with van der Waals surface area (Å²) in [5.74, 6) is 0.425. The first kappa shape index (κ1) is 11.0. The highest BCUT2D eigenvalue weighted by Crippen LogP contribution is 2.46. The van der Waals surface area contributed by atoms with Crippen molar-refractivity contribution in [3.63, 3.8) is 0 Å². The lowest BCUT2D eigenvalue weighted by Gasteiger charge is -2.01. The second-order valence-corrected chi connectivity index (χ2v) is 6.83. The molecule has 0 aliphatic heterocycles. The van der Waals surface area contributed by atoms with Crippen LogP contribution in [-0.4, -0.2) is 19.4 Å². The largest absolute Gasteiger partial charge is 0.229 e. The highest BCUT2D eigenvalue weighted by Gasteiger charge is 2.46. The molecule has 15 heavy (non-hydrogen) atoms. The van der Waals surface area contributed by atoms with Crippen LogP contribution in [0.15, 0.2) is 24.3 Å². The Morgan fingerprint density at radius 2 is 1.93 bits per heavy atom. The molecule has 2 atom stereocenters. The molecule has 0 heterocycles. The van der Waals surface area contributed by atoms with Gasteiger partial charge in [-0.25, -0.2) is 8.42 Å². The van der Waals surface area contributed by atoms with Gasteiger partial charge in [0.25, 0.3) is 0 Å². The maximum absolute atomic E-state index is 11.6.